The summed E-state index contributed by atoms with van der Waals surface area (Å²) in [5.41, 5.74) is -0.633. The van der Waals surface area contributed by atoms with Gasteiger partial charge in [-0.1, -0.05) is 18.5 Å². The van der Waals surface area contributed by atoms with Crippen LogP contribution in [0.2, 0.25) is 5.02 Å². The molecule has 0 saturated heterocycles. The van der Waals surface area contributed by atoms with Crippen molar-refractivity contribution in [3.8, 4) is 0 Å². The SMILES string of the molecule is CC(Cc1cc(C(F)(F)F)ccc1Cl)C(=O)O. The van der Waals surface area contributed by atoms with Gasteiger partial charge in [0.15, 0.2) is 0 Å². The minimum absolute atomic E-state index is 0.0297. The number of carbonyl (C=O) groups is 1. The highest BCUT2D eigenvalue weighted by molar-refractivity contribution is 6.31. The first-order valence-corrected chi connectivity index (χ1v) is 5.18. The number of hydrogen-bond donors (Lipinski definition) is 1. The number of halogens is 4. The number of carboxylic acid groups (broad SMARTS) is 1. The van der Waals surface area contributed by atoms with E-state index in [0.717, 1.165) is 18.2 Å². The maximum atomic E-state index is 12.4. The van der Waals surface area contributed by atoms with Gasteiger partial charge in [0.05, 0.1) is 11.5 Å². The fraction of sp³-hybridized carbons (Fsp3) is 0.364. The highest BCUT2D eigenvalue weighted by Gasteiger charge is 2.31. The molecule has 0 radical (unpaired) electrons. The summed E-state index contributed by atoms with van der Waals surface area (Å²) in [7, 11) is 0. The molecule has 2 nitrogen and oxygen atoms in total. The fourth-order valence-electron chi connectivity index (χ4n) is 1.32. The van der Waals surface area contributed by atoms with E-state index in [0.29, 0.717) is 0 Å². The molecule has 1 N–H and O–H groups in total. The summed E-state index contributed by atoms with van der Waals surface area (Å²) >= 11 is 5.73. The van der Waals surface area contributed by atoms with E-state index in [2.05, 4.69) is 0 Å². The van der Waals surface area contributed by atoms with Crippen LogP contribution in [0.1, 0.15) is 18.1 Å². The van der Waals surface area contributed by atoms with Gasteiger partial charge in [0.2, 0.25) is 0 Å². The highest BCUT2D eigenvalue weighted by Crippen LogP contribution is 2.32. The number of carboxylic acids is 1. The first kappa shape index (κ1) is 13.8. The second-order valence-corrected chi connectivity index (χ2v) is 4.15. The molecule has 0 saturated carbocycles. The summed E-state index contributed by atoms with van der Waals surface area (Å²) in [6.45, 7) is 1.42. The van der Waals surface area contributed by atoms with Gasteiger partial charge in [-0.15, -0.1) is 0 Å². The van der Waals surface area contributed by atoms with Gasteiger partial charge < -0.3 is 5.11 Å². The van der Waals surface area contributed by atoms with Gasteiger partial charge >= 0.3 is 12.1 Å². The van der Waals surface area contributed by atoms with E-state index >= 15 is 0 Å². The molecule has 6 heteroatoms. The largest absolute Gasteiger partial charge is 0.481 e. The highest BCUT2D eigenvalue weighted by atomic mass is 35.5. The van der Waals surface area contributed by atoms with Crippen LogP contribution in [0.3, 0.4) is 0 Å². The Bertz CT molecular complexity index is 429. The molecule has 94 valence electrons. The molecule has 0 aliphatic heterocycles. The Morgan fingerprint density at radius 3 is 2.53 bits per heavy atom. The Morgan fingerprint density at radius 1 is 1.47 bits per heavy atom. The molecule has 1 unspecified atom stereocenters. The van der Waals surface area contributed by atoms with Crippen LogP contribution in [0, 0.1) is 5.92 Å². The van der Waals surface area contributed by atoms with Crippen molar-refractivity contribution in [1.82, 2.24) is 0 Å². The number of benzene rings is 1. The predicted octanol–water partition coefficient (Wildman–Crippen LogP) is 3.62. The average molecular weight is 267 g/mol. The zero-order valence-electron chi connectivity index (χ0n) is 8.88. The molecule has 0 aliphatic rings. The summed E-state index contributed by atoms with van der Waals surface area (Å²) in [5.74, 6) is -1.85. The molecule has 17 heavy (non-hydrogen) atoms. The van der Waals surface area contributed by atoms with Crippen molar-refractivity contribution in [2.75, 3.05) is 0 Å². The molecule has 0 fully saturated rings. The first-order valence-electron chi connectivity index (χ1n) is 4.80. The van der Waals surface area contributed by atoms with E-state index < -0.39 is 23.6 Å². The van der Waals surface area contributed by atoms with Crippen LogP contribution in [-0.2, 0) is 17.4 Å². The molecule has 0 spiro atoms. The summed E-state index contributed by atoms with van der Waals surface area (Å²) in [5, 5.41) is 8.84. The topological polar surface area (TPSA) is 37.3 Å². The van der Waals surface area contributed by atoms with Crippen LogP contribution in [0.15, 0.2) is 18.2 Å². The van der Waals surface area contributed by atoms with Crippen molar-refractivity contribution in [2.24, 2.45) is 5.92 Å². The third-order valence-electron chi connectivity index (χ3n) is 2.32. The molecule has 0 heterocycles. The summed E-state index contributed by atoms with van der Waals surface area (Å²) in [4.78, 5) is 10.6. The molecule has 0 amide bonds. The monoisotopic (exact) mass is 266 g/mol. The van der Waals surface area contributed by atoms with E-state index in [9.17, 15) is 18.0 Å². The van der Waals surface area contributed by atoms with Crippen LogP contribution < -0.4 is 0 Å². The van der Waals surface area contributed by atoms with Gasteiger partial charge in [-0.05, 0) is 30.2 Å². The lowest BCUT2D eigenvalue weighted by Gasteiger charge is -2.12. The normalized spacial score (nSPS) is 13.5. The molecule has 1 rings (SSSR count). The Balaban J connectivity index is 3.03. The van der Waals surface area contributed by atoms with Crippen molar-refractivity contribution in [2.45, 2.75) is 19.5 Å². The minimum atomic E-state index is -4.45. The summed E-state index contributed by atoms with van der Waals surface area (Å²) < 4.78 is 37.3. The first-order chi connectivity index (χ1) is 7.71. The van der Waals surface area contributed by atoms with Gasteiger partial charge in [0.25, 0.3) is 0 Å². The molecule has 1 aromatic carbocycles. The Kier molecular flexibility index (Phi) is 4.03. The third-order valence-corrected chi connectivity index (χ3v) is 2.69. The van der Waals surface area contributed by atoms with Crippen LogP contribution in [0.4, 0.5) is 13.2 Å². The van der Waals surface area contributed by atoms with E-state index in [1.54, 1.807) is 0 Å². The summed E-state index contributed by atoms with van der Waals surface area (Å²) in [6.07, 6.45) is -4.48. The van der Waals surface area contributed by atoms with Crippen LogP contribution in [0.5, 0.6) is 0 Å². The predicted molar refractivity (Wildman–Crippen MR) is 57.0 cm³/mol. The second-order valence-electron chi connectivity index (χ2n) is 3.75. The standard InChI is InChI=1S/C11H10ClF3O2/c1-6(10(16)17)4-7-5-8(11(13,14)15)2-3-9(7)12/h2-3,5-6H,4H2,1H3,(H,16,17). The lowest BCUT2D eigenvalue weighted by Crippen LogP contribution is -2.13. The van der Waals surface area contributed by atoms with Gasteiger partial charge in [-0.3, -0.25) is 4.79 Å². The lowest BCUT2D eigenvalue weighted by molar-refractivity contribution is -0.141. The van der Waals surface area contributed by atoms with Crippen molar-refractivity contribution in [3.63, 3.8) is 0 Å². The Hall–Kier alpha value is -1.23. The maximum Gasteiger partial charge on any atom is 0.416 e. The molecule has 0 bridgehead atoms. The van der Waals surface area contributed by atoms with Crippen LogP contribution >= 0.6 is 11.6 Å². The number of alkyl halides is 3. The quantitative estimate of drug-likeness (QED) is 0.907. The van der Waals surface area contributed by atoms with E-state index in [1.807, 2.05) is 0 Å². The molecule has 1 aromatic rings. The molecular weight excluding hydrogens is 257 g/mol. The van der Waals surface area contributed by atoms with Crippen LogP contribution in [-0.4, -0.2) is 11.1 Å². The average Bonchev–Trinajstić information content (AvgIpc) is 2.19. The van der Waals surface area contributed by atoms with Crippen LogP contribution in [0.25, 0.3) is 0 Å². The number of aliphatic carboxylic acids is 1. The van der Waals surface area contributed by atoms with Crippen molar-refractivity contribution >= 4 is 17.6 Å². The van der Waals surface area contributed by atoms with E-state index in [4.69, 9.17) is 16.7 Å². The minimum Gasteiger partial charge on any atom is -0.481 e. The fourth-order valence-corrected chi connectivity index (χ4v) is 1.52. The molecule has 0 aliphatic carbocycles. The number of hydrogen-bond acceptors (Lipinski definition) is 1. The van der Waals surface area contributed by atoms with Crippen molar-refractivity contribution in [3.05, 3.63) is 34.3 Å². The Morgan fingerprint density at radius 2 is 2.06 bits per heavy atom. The van der Waals surface area contributed by atoms with E-state index in [-0.39, 0.29) is 17.0 Å². The van der Waals surface area contributed by atoms with E-state index in [1.165, 1.54) is 6.92 Å². The lowest BCUT2D eigenvalue weighted by atomic mass is 9.99. The van der Waals surface area contributed by atoms with Gasteiger partial charge in [0, 0.05) is 5.02 Å². The summed E-state index contributed by atoms with van der Waals surface area (Å²) in [6, 6.07) is 2.90. The zero-order chi connectivity index (χ0) is 13.2. The van der Waals surface area contributed by atoms with Crippen molar-refractivity contribution in [1.29, 1.82) is 0 Å². The molecule has 1 atom stereocenters. The van der Waals surface area contributed by atoms with Gasteiger partial charge in [-0.2, -0.15) is 13.2 Å². The number of rotatable bonds is 3. The maximum absolute atomic E-state index is 12.4. The van der Waals surface area contributed by atoms with Gasteiger partial charge in [0.1, 0.15) is 0 Å². The second kappa shape index (κ2) is 4.96. The molecule has 0 aromatic heterocycles. The third kappa shape index (κ3) is 3.63. The smallest absolute Gasteiger partial charge is 0.416 e. The molecular formula is C11H10ClF3O2. The van der Waals surface area contributed by atoms with Crippen molar-refractivity contribution < 1.29 is 23.1 Å². The zero-order valence-corrected chi connectivity index (χ0v) is 9.64. The van der Waals surface area contributed by atoms with Gasteiger partial charge in [-0.25, -0.2) is 0 Å². The Labute approximate surface area is 101 Å².